The molecule has 0 atom stereocenters. The SMILES string of the molecule is COc1cc(C)c2c(c1O)CCNC2=O. The van der Waals surface area contributed by atoms with Gasteiger partial charge in [0.15, 0.2) is 11.5 Å². The van der Waals surface area contributed by atoms with Crippen LogP contribution in [0.15, 0.2) is 6.07 Å². The number of nitrogens with one attached hydrogen (secondary N) is 1. The molecule has 4 nitrogen and oxygen atoms in total. The van der Waals surface area contributed by atoms with Gasteiger partial charge in [-0.3, -0.25) is 4.79 Å². The summed E-state index contributed by atoms with van der Waals surface area (Å²) in [5, 5.41) is 12.6. The maximum absolute atomic E-state index is 11.6. The van der Waals surface area contributed by atoms with Crippen LogP contribution in [0.4, 0.5) is 0 Å². The summed E-state index contributed by atoms with van der Waals surface area (Å²) in [6.07, 6.45) is 0.644. The minimum atomic E-state index is -0.119. The number of rotatable bonds is 1. The number of methoxy groups -OCH3 is 1. The second kappa shape index (κ2) is 3.46. The largest absolute Gasteiger partial charge is 0.504 e. The topological polar surface area (TPSA) is 58.6 Å². The van der Waals surface area contributed by atoms with E-state index in [1.54, 1.807) is 6.07 Å². The molecule has 1 aliphatic heterocycles. The van der Waals surface area contributed by atoms with Crippen LogP contribution in [0, 0.1) is 6.92 Å². The quantitative estimate of drug-likeness (QED) is 0.722. The maximum Gasteiger partial charge on any atom is 0.251 e. The number of carbonyl (C=O) groups excluding carboxylic acids is 1. The molecule has 0 saturated heterocycles. The van der Waals surface area contributed by atoms with Crippen molar-refractivity contribution in [3.05, 3.63) is 22.8 Å². The van der Waals surface area contributed by atoms with Crippen molar-refractivity contribution in [2.24, 2.45) is 0 Å². The molecule has 2 N–H and O–H groups in total. The minimum absolute atomic E-state index is 0.0907. The lowest BCUT2D eigenvalue weighted by molar-refractivity contribution is 0.0944. The number of phenols is 1. The number of amides is 1. The van der Waals surface area contributed by atoms with Crippen LogP contribution in [0.5, 0.6) is 11.5 Å². The lowest BCUT2D eigenvalue weighted by atomic mass is 9.94. The lowest BCUT2D eigenvalue weighted by Gasteiger charge is -2.20. The van der Waals surface area contributed by atoms with E-state index >= 15 is 0 Å². The van der Waals surface area contributed by atoms with E-state index in [0.29, 0.717) is 29.8 Å². The van der Waals surface area contributed by atoms with Crippen LogP contribution in [-0.2, 0) is 6.42 Å². The Hall–Kier alpha value is -1.71. The molecular formula is C11H13NO3. The number of phenolic OH excluding ortho intramolecular Hbond substituents is 1. The van der Waals surface area contributed by atoms with Crippen molar-refractivity contribution < 1.29 is 14.6 Å². The van der Waals surface area contributed by atoms with Gasteiger partial charge in [-0.1, -0.05) is 0 Å². The highest BCUT2D eigenvalue weighted by Crippen LogP contribution is 2.36. The van der Waals surface area contributed by atoms with Crippen LogP contribution in [0.2, 0.25) is 0 Å². The third kappa shape index (κ3) is 1.42. The standard InChI is InChI=1S/C11H13NO3/c1-6-5-8(15-2)10(13)7-3-4-12-11(14)9(6)7/h5,13H,3-4H2,1-2H3,(H,12,14). The number of carbonyl (C=O) groups is 1. The fraction of sp³-hybridized carbons (Fsp3) is 0.364. The molecule has 1 aromatic carbocycles. The predicted molar refractivity (Wildman–Crippen MR) is 55.4 cm³/mol. The number of hydrogen-bond acceptors (Lipinski definition) is 3. The summed E-state index contributed by atoms with van der Waals surface area (Å²) in [5.74, 6) is 0.403. The van der Waals surface area contributed by atoms with Gasteiger partial charge in [-0.2, -0.15) is 0 Å². The van der Waals surface area contributed by atoms with Crippen molar-refractivity contribution >= 4 is 5.91 Å². The molecular weight excluding hydrogens is 194 g/mol. The Morgan fingerprint density at radius 2 is 2.27 bits per heavy atom. The van der Waals surface area contributed by atoms with Crippen molar-refractivity contribution in [1.82, 2.24) is 5.32 Å². The highest BCUT2D eigenvalue weighted by molar-refractivity contribution is 5.99. The van der Waals surface area contributed by atoms with Crippen molar-refractivity contribution in [3.8, 4) is 11.5 Å². The first-order valence-electron chi connectivity index (χ1n) is 4.82. The van der Waals surface area contributed by atoms with E-state index < -0.39 is 0 Å². The molecule has 80 valence electrons. The van der Waals surface area contributed by atoms with Gasteiger partial charge in [-0.25, -0.2) is 0 Å². The third-order valence-corrected chi connectivity index (χ3v) is 2.67. The van der Waals surface area contributed by atoms with Crippen LogP contribution < -0.4 is 10.1 Å². The van der Waals surface area contributed by atoms with Crippen molar-refractivity contribution in [2.75, 3.05) is 13.7 Å². The Labute approximate surface area is 87.9 Å². The van der Waals surface area contributed by atoms with Crippen LogP contribution in [-0.4, -0.2) is 24.7 Å². The Morgan fingerprint density at radius 3 is 2.93 bits per heavy atom. The zero-order valence-electron chi connectivity index (χ0n) is 8.76. The van der Waals surface area contributed by atoms with E-state index in [0.717, 1.165) is 5.56 Å². The van der Waals surface area contributed by atoms with Gasteiger partial charge in [0.05, 0.1) is 7.11 Å². The van der Waals surface area contributed by atoms with Gasteiger partial charge >= 0.3 is 0 Å². The van der Waals surface area contributed by atoms with Gasteiger partial charge in [0.25, 0.3) is 5.91 Å². The van der Waals surface area contributed by atoms with Crippen LogP contribution in [0.1, 0.15) is 21.5 Å². The summed E-state index contributed by atoms with van der Waals surface area (Å²) in [6, 6.07) is 1.68. The molecule has 0 fully saturated rings. The molecule has 1 aromatic rings. The summed E-state index contributed by atoms with van der Waals surface area (Å²) in [7, 11) is 1.50. The van der Waals surface area contributed by atoms with Gasteiger partial charge in [0.1, 0.15) is 0 Å². The number of ether oxygens (including phenoxy) is 1. The van der Waals surface area contributed by atoms with E-state index in [1.165, 1.54) is 7.11 Å². The molecule has 1 aliphatic rings. The maximum atomic E-state index is 11.6. The van der Waals surface area contributed by atoms with Gasteiger partial charge < -0.3 is 15.2 Å². The van der Waals surface area contributed by atoms with Crippen molar-refractivity contribution in [2.45, 2.75) is 13.3 Å². The smallest absolute Gasteiger partial charge is 0.251 e. The van der Waals surface area contributed by atoms with Crippen LogP contribution in [0.3, 0.4) is 0 Å². The molecule has 0 radical (unpaired) electrons. The highest BCUT2D eigenvalue weighted by atomic mass is 16.5. The molecule has 0 aromatic heterocycles. The summed E-state index contributed by atoms with van der Waals surface area (Å²) >= 11 is 0. The minimum Gasteiger partial charge on any atom is -0.504 e. The molecule has 0 aliphatic carbocycles. The number of hydrogen-bond donors (Lipinski definition) is 2. The summed E-state index contributed by atoms with van der Waals surface area (Å²) < 4.78 is 5.05. The molecule has 0 unspecified atom stereocenters. The lowest BCUT2D eigenvalue weighted by Crippen LogP contribution is -2.32. The van der Waals surface area contributed by atoms with Crippen LogP contribution in [0.25, 0.3) is 0 Å². The first-order valence-corrected chi connectivity index (χ1v) is 4.82. The Morgan fingerprint density at radius 1 is 1.53 bits per heavy atom. The number of aryl methyl sites for hydroxylation is 1. The van der Waals surface area contributed by atoms with Gasteiger partial charge in [0, 0.05) is 17.7 Å². The van der Waals surface area contributed by atoms with E-state index in [2.05, 4.69) is 5.32 Å². The molecule has 0 saturated carbocycles. The van der Waals surface area contributed by atoms with Crippen LogP contribution >= 0.6 is 0 Å². The Balaban J connectivity index is 2.68. The van der Waals surface area contributed by atoms with E-state index in [4.69, 9.17) is 4.74 Å². The van der Waals surface area contributed by atoms with Crippen molar-refractivity contribution in [3.63, 3.8) is 0 Å². The normalized spacial score (nSPS) is 14.4. The Kier molecular flexibility index (Phi) is 2.26. The predicted octanol–water partition coefficient (Wildman–Crippen LogP) is 0.995. The molecule has 1 amide bonds. The van der Waals surface area contributed by atoms with Gasteiger partial charge in [0.2, 0.25) is 0 Å². The first-order chi connectivity index (χ1) is 7.15. The summed E-state index contributed by atoms with van der Waals surface area (Å²) in [6.45, 7) is 2.40. The second-order valence-electron chi connectivity index (χ2n) is 3.60. The zero-order valence-corrected chi connectivity index (χ0v) is 8.76. The molecule has 15 heavy (non-hydrogen) atoms. The fourth-order valence-electron chi connectivity index (χ4n) is 1.95. The van der Waals surface area contributed by atoms with Gasteiger partial charge in [-0.15, -0.1) is 0 Å². The fourth-order valence-corrected chi connectivity index (χ4v) is 1.95. The summed E-state index contributed by atoms with van der Waals surface area (Å²) in [4.78, 5) is 11.6. The van der Waals surface area contributed by atoms with E-state index in [-0.39, 0.29) is 11.7 Å². The highest BCUT2D eigenvalue weighted by Gasteiger charge is 2.24. The molecule has 0 bridgehead atoms. The third-order valence-electron chi connectivity index (χ3n) is 2.67. The average molecular weight is 207 g/mol. The Bertz CT molecular complexity index is 426. The van der Waals surface area contributed by atoms with Gasteiger partial charge in [-0.05, 0) is 25.0 Å². The average Bonchev–Trinajstić information content (AvgIpc) is 2.23. The van der Waals surface area contributed by atoms with E-state index in [9.17, 15) is 9.90 Å². The monoisotopic (exact) mass is 207 g/mol. The zero-order chi connectivity index (χ0) is 11.0. The molecule has 0 spiro atoms. The first kappa shape index (κ1) is 9.83. The van der Waals surface area contributed by atoms with Crippen molar-refractivity contribution in [1.29, 1.82) is 0 Å². The molecule has 2 rings (SSSR count). The summed E-state index contributed by atoms with van der Waals surface area (Å²) in [5.41, 5.74) is 2.10. The number of aromatic hydroxyl groups is 1. The number of benzene rings is 1. The second-order valence-corrected chi connectivity index (χ2v) is 3.60. The molecule has 1 heterocycles. The molecule has 4 heteroatoms. The number of fused-ring (bicyclic) bond motifs is 1. The van der Waals surface area contributed by atoms with E-state index in [1.807, 2.05) is 6.92 Å².